The van der Waals surface area contributed by atoms with Crippen LogP contribution in [-0.4, -0.2) is 13.1 Å². The molecule has 1 nitrogen and oxygen atoms in total. The molecule has 0 amide bonds. The van der Waals surface area contributed by atoms with Crippen molar-refractivity contribution in [1.82, 2.24) is 5.32 Å². The molecule has 0 saturated carbocycles. The topological polar surface area (TPSA) is 12.0 Å². The molecular formula is C16H25N. The highest BCUT2D eigenvalue weighted by molar-refractivity contribution is 5.55. The Morgan fingerprint density at radius 2 is 1.94 bits per heavy atom. The molecule has 1 rings (SSSR count). The average Bonchev–Trinajstić information content (AvgIpc) is 2.32. The third-order valence-corrected chi connectivity index (χ3v) is 3.13. The van der Waals surface area contributed by atoms with Crippen LogP contribution in [0.25, 0.3) is 6.08 Å². The molecule has 1 aromatic rings. The van der Waals surface area contributed by atoms with Crippen molar-refractivity contribution in [3.05, 3.63) is 40.5 Å². The van der Waals surface area contributed by atoms with E-state index >= 15 is 0 Å². The fraction of sp³-hybridized carbons (Fsp3) is 0.500. The number of hydrogen-bond acceptors (Lipinski definition) is 1. The van der Waals surface area contributed by atoms with Crippen LogP contribution in [0.5, 0.6) is 0 Å². The van der Waals surface area contributed by atoms with Crippen LogP contribution >= 0.6 is 0 Å². The van der Waals surface area contributed by atoms with Crippen LogP contribution in [0.2, 0.25) is 0 Å². The van der Waals surface area contributed by atoms with Gasteiger partial charge in [-0.15, -0.1) is 0 Å². The Hall–Kier alpha value is -1.08. The molecular weight excluding hydrogens is 206 g/mol. The number of hydrogen-bond donors (Lipinski definition) is 1. The lowest BCUT2D eigenvalue weighted by Crippen LogP contribution is -2.17. The summed E-state index contributed by atoms with van der Waals surface area (Å²) in [5, 5.41) is 3.46. The van der Waals surface area contributed by atoms with Crippen LogP contribution in [0, 0.1) is 13.8 Å². The summed E-state index contributed by atoms with van der Waals surface area (Å²) in [4.78, 5) is 0. The van der Waals surface area contributed by atoms with Gasteiger partial charge in [0.1, 0.15) is 0 Å². The van der Waals surface area contributed by atoms with Crippen molar-refractivity contribution >= 4 is 6.08 Å². The number of benzene rings is 1. The van der Waals surface area contributed by atoms with Crippen molar-refractivity contribution in [3.63, 3.8) is 0 Å². The minimum absolute atomic E-state index is 1.01. The van der Waals surface area contributed by atoms with Gasteiger partial charge < -0.3 is 5.32 Å². The fourth-order valence-corrected chi connectivity index (χ4v) is 1.79. The Morgan fingerprint density at radius 1 is 1.18 bits per heavy atom. The third kappa shape index (κ3) is 4.74. The molecule has 17 heavy (non-hydrogen) atoms. The monoisotopic (exact) mass is 231 g/mol. The first kappa shape index (κ1) is 14.0. The Morgan fingerprint density at radius 3 is 2.53 bits per heavy atom. The molecule has 0 spiro atoms. The molecule has 0 aliphatic carbocycles. The molecule has 0 radical (unpaired) electrons. The first-order valence-electron chi connectivity index (χ1n) is 6.64. The van der Waals surface area contributed by atoms with Crippen molar-refractivity contribution in [3.8, 4) is 0 Å². The molecule has 0 heterocycles. The van der Waals surface area contributed by atoms with E-state index < -0.39 is 0 Å². The molecule has 0 fully saturated rings. The molecule has 0 saturated heterocycles. The van der Waals surface area contributed by atoms with E-state index in [0.717, 1.165) is 19.5 Å². The van der Waals surface area contributed by atoms with Crippen LogP contribution in [0.1, 0.15) is 43.4 Å². The van der Waals surface area contributed by atoms with E-state index in [1.54, 1.807) is 0 Å². The zero-order valence-electron chi connectivity index (χ0n) is 11.6. The maximum atomic E-state index is 3.46. The van der Waals surface area contributed by atoms with Crippen LogP contribution in [0.4, 0.5) is 0 Å². The van der Waals surface area contributed by atoms with Crippen LogP contribution in [-0.2, 0) is 0 Å². The number of rotatable bonds is 6. The maximum absolute atomic E-state index is 3.46. The quantitative estimate of drug-likeness (QED) is 0.727. The van der Waals surface area contributed by atoms with Gasteiger partial charge in [0.05, 0.1) is 0 Å². The van der Waals surface area contributed by atoms with Crippen LogP contribution in [0.3, 0.4) is 0 Å². The molecule has 1 aromatic carbocycles. The molecule has 1 N–H and O–H groups in total. The second-order valence-electron chi connectivity index (χ2n) is 4.68. The Bertz CT molecular complexity index is 377. The van der Waals surface area contributed by atoms with Gasteiger partial charge in [0.25, 0.3) is 0 Å². The lowest BCUT2D eigenvalue weighted by atomic mass is 10.0. The normalized spacial score (nSPS) is 11.9. The first-order valence-corrected chi connectivity index (χ1v) is 6.64. The first-order chi connectivity index (χ1) is 8.17. The van der Waals surface area contributed by atoms with Gasteiger partial charge in [-0.2, -0.15) is 0 Å². The van der Waals surface area contributed by atoms with Crippen molar-refractivity contribution in [1.29, 1.82) is 0 Å². The van der Waals surface area contributed by atoms with Crippen LogP contribution in [0.15, 0.2) is 23.8 Å². The average molecular weight is 231 g/mol. The predicted octanol–water partition coefficient (Wildman–Crippen LogP) is 4.10. The highest BCUT2D eigenvalue weighted by Crippen LogP contribution is 2.14. The van der Waals surface area contributed by atoms with Crippen molar-refractivity contribution < 1.29 is 0 Å². The Kier molecular flexibility index (Phi) is 5.99. The minimum Gasteiger partial charge on any atom is -0.313 e. The second-order valence-corrected chi connectivity index (χ2v) is 4.68. The summed E-state index contributed by atoms with van der Waals surface area (Å²) >= 11 is 0. The summed E-state index contributed by atoms with van der Waals surface area (Å²) in [6, 6.07) is 6.68. The van der Waals surface area contributed by atoms with Gasteiger partial charge in [0.2, 0.25) is 0 Å². The summed E-state index contributed by atoms with van der Waals surface area (Å²) < 4.78 is 0. The van der Waals surface area contributed by atoms with Gasteiger partial charge in [-0.3, -0.25) is 0 Å². The predicted molar refractivity (Wildman–Crippen MR) is 77.3 cm³/mol. The highest BCUT2D eigenvalue weighted by Gasteiger charge is 1.97. The van der Waals surface area contributed by atoms with E-state index in [1.807, 2.05) is 0 Å². The minimum atomic E-state index is 1.01. The van der Waals surface area contributed by atoms with Gasteiger partial charge in [-0.1, -0.05) is 43.7 Å². The van der Waals surface area contributed by atoms with Gasteiger partial charge in [0, 0.05) is 6.54 Å². The summed E-state index contributed by atoms with van der Waals surface area (Å²) in [7, 11) is 0. The summed E-state index contributed by atoms with van der Waals surface area (Å²) in [6.07, 6.45) is 4.62. The molecule has 0 aliphatic rings. The van der Waals surface area contributed by atoms with Crippen LogP contribution < -0.4 is 5.32 Å². The number of nitrogens with one attached hydrogen (secondary N) is 1. The molecule has 94 valence electrons. The summed E-state index contributed by atoms with van der Waals surface area (Å²) in [5.74, 6) is 0. The summed E-state index contributed by atoms with van der Waals surface area (Å²) in [6.45, 7) is 10.9. The van der Waals surface area contributed by atoms with E-state index in [1.165, 1.54) is 28.7 Å². The zero-order valence-corrected chi connectivity index (χ0v) is 11.6. The van der Waals surface area contributed by atoms with E-state index in [2.05, 4.69) is 57.3 Å². The lowest BCUT2D eigenvalue weighted by Gasteiger charge is -2.07. The SMILES string of the molecule is CCCNCC(=Cc1ccc(C)c(C)c1)CC. The van der Waals surface area contributed by atoms with E-state index in [9.17, 15) is 0 Å². The van der Waals surface area contributed by atoms with Gasteiger partial charge >= 0.3 is 0 Å². The van der Waals surface area contributed by atoms with Crippen molar-refractivity contribution in [2.75, 3.05) is 13.1 Å². The molecule has 0 unspecified atom stereocenters. The Labute approximate surface area is 106 Å². The van der Waals surface area contributed by atoms with E-state index in [4.69, 9.17) is 0 Å². The zero-order chi connectivity index (χ0) is 12.7. The standard InChI is InChI=1S/C16H25N/c1-5-9-17-12-15(6-2)11-16-8-7-13(3)14(4)10-16/h7-8,10-11,17H,5-6,9,12H2,1-4H3. The van der Waals surface area contributed by atoms with Gasteiger partial charge in [-0.25, -0.2) is 0 Å². The highest BCUT2D eigenvalue weighted by atomic mass is 14.8. The van der Waals surface area contributed by atoms with Crippen molar-refractivity contribution in [2.24, 2.45) is 0 Å². The smallest absolute Gasteiger partial charge is 0.0167 e. The number of aryl methyl sites for hydroxylation is 2. The third-order valence-electron chi connectivity index (χ3n) is 3.13. The molecule has 1 heteroatoms. The van der Waals surface area contributed by atoms with E-state index in [-0.39, 0.29) is 0 Å². The van der Waals surface area contributed by atoms with E-state index in [0.29, 0.717) is 0 Å². The maximum Gasteiger partial charge on any atom is 0.0167 e. The molecule has 0 aromatic heterocycles. The summed E-state index contributed by atoms with van der Waals surface area (Å²) in [5.41, 5.74) is 5.53. The Balaban J connectivity index is 2.72. The molecule has 0 aliphatic heterocycles. The van der Waals surface area contributed by atoms with Gasteiger partial charge in [-0.05, 0) is 49.9 Å². The fourth-order valence-electron chi connectivity index (χ4n) is 1.79. The molecule has 0 atom stereocenters. The van der Waals surface area contributed by atoms with Crippen molar-refractivity contribution in [2.45, 2.75) is 40.5 Å². The lowest BCUT2D eigenvalue weighted by molar-refractivity contribution is 0.706. The molecule has 0 bridgehead atoms. The largest absolute Gasteiger partial charge is 0.313 e. The second kappa shape index (κ2) is 7.29. The van der Waals surface area contributed by atoms with Gasteiger partial charge in [0.15, 0.2) is 0 Å².